The number of para-hydroxylation sites is 1. The van der Waals surface area contributed by atoms with Crippen molar-refractivity contribution >= 4 is 17.5 Å². The predicted octanol–water partition coefficient (Wildman–Crippen LogP) is 3.88. The van der Waals surface area contributed by atoms with Crippen LogP contribution in [0.5, 0.6) is 17.2 Å². The third-order valence-electron chi connectivity index (χ3n) is 3.54. The van der Waals surface area contributed by atoms with Gasteiger partial charge in [-0.1, -0.05) is 29.8 Å². The minimum absolute atomic E-state index is 0.0722. The number of carbonyl (C=O) groups excluding carboxylic acids is 1. The lowest BCUT2D eigenvalue weighted by Gasteiger charge is -2.13. The first kappa shape index (κ1) is 19.9. The molecule has 2 aromatic rings. The quantitative estimate of drug-likeness (QED) is 0.682. The van der Waals surface area contributed by atoms with Gasteiger partial charge in [0.15, 0.2) is 18.1 Å². The maximum Gasteiger partial charge on any atom is 0.257 e. The van der Waals surface area contributed by atoms with Crippen molar-refractivity contribution in [2.45, 2.75) is 20.3 Å². The molecule has 6 heteroatoms. The minimum atomic E-state index is -0.194. The molecule has 0 unspecified atom stereocenters. The van der Waals surface area contributed by atoms with Gasteiger partial charge in [0.1, 0.15) is 5.75 Å². The third-order valence-corrected chi connectivity index (χ3v) is 3.85. The Morgan fingerprint density at radius 2 is 1.69 bits per heavy atom. The van der Waals surface area contributed by atoms with Crippen LogP contribution in [0.1, 0.15) is 19.4 Å². The normalized spacial score (nSPS) is 10.3. The smallest absolute Gasteiger partial charge is 0.257 e. The van der Waals surface area contributed by atoms with Gasteiger partial charge in [0, 0.05) is 6.54 Å². The number of carbonyl (C=O) groups is 1. The molecule has 26 heavy (non-hydrogen) atoms. The van der Waals surface area contributed by atoms with Gasteiger partial charge in [-0.2, -0.15) is 0 Å². The first-order valence-electron chi connectivity index (χ1n) is 8.66. The summed E-state index contributed by atoms with van der Waals surface area (Å²) in [7, 11) is 0. The number of hydrogen-bond acceptors (Lipinski definition) is 4. The molecule has 2 aromatic carbocycles. The molecule has 1 amide bonds. The van der Waals surface area contributed by atoms with Crippen LogP contribution >= 0.6 is 11.6 Å². The van der Waals surface area contributed by atoms with Gasteiger partial charge < -0.3 is 19.5 Å². The number of nitrogens with one attached hydrogen (secondary N) is 1. The number of rotatable bonds is 10. The van der Waals surface area contributed by atoms with Crippen molar-refractivity contribution < 1.29 is 19.0 Å². The summed E-state index contributed by atoms with van der Waals surface area (Å²) in [5, 5.41) is 3.32. The van der Waals surface area contributed by atoms with Crippen LogP contribution < -0.4 is 19.5 Å². The summed E-state index contributed by atoms with van der Waals surface area (Å²) in [6.07, 6.45) is 0.685. The Hall–Kier alpha value is -2.40. The summed E-state index contributed by atoms with van der Waals surface area (Å²) in [6, 6.07) is 12.9. The Labute approximate surface area is 159 Å². The highest BCUT2D eigenvalue weighted by molar-refractivity contribution is 6.32. The van der Waals surface area contributed by atoms with Gasteiger partial charge in [0.25, 0.3) is 5.91 Å². The zero-order valence-corrected chi connectivity index (χ0v) is 15.8. The van der Waals surface area contributed by atoms with Gasteiger partial charge in [-0.05, 0) is 50.1 Å². The molecule has 0 fully saturated rings. The lowest BCUT2D eigenvalue weighted by Crippen LogP contribution is -2.30. The van der Waals surface area contributed by atoms with Crippen LogP contribution in [0, 0.1) is 0 Å². The molecule has 0 aliphatic rings. The second-order valence-electron chi connectivity index (χ2n) is 5.47. The van der Waals surface area contributed by atoms with Crippen LogP contribution in [0.25, 0.3) is 0 Å². The van der Waals surface area contributed by atoms with E-state index in [-0.39, 0.29) is 12.5 Å². The summed E-state index contributed by atoms with van der Waals surface area (Å²) in [5.41, 5.74) is 1.06. The molecule has 2 rings (SSSR count). The molecule has 0 aliphatic heterocycles. The largest absolute Gasteiger partial charge is 0.490 e. The molecule has 0 spiro atoms. The van der Waals surface area contributed by atoms with E-state index in [1.54, 1.807) is 18.2 Å². The van der Waals surface area contributed by atoms with Gasteiger partial charge in [0.05, 0.1) is 18.2 Å². The molecule has 0 aromatic heterocycles. The zero-order valence-electron chi connectivity index (χ0n) is 15.1. The average molecular weight is 378 g/mol. The number of amides is 1. The van der Waals surface area contributed by atoms with Gasteiger partial charge in [-0.15, -0.1) is 0 Å². The predicted molar refractivity (Wildman–Crippen MR) is 102 cm³/mol. The van der Waals surface area contributed by atoms with Crippen molar-refractivity contribution in [2.75, 3.05) is 26.4 Å². The van der Waals surface area contributed by atoms with Gasteiger partial charge in [-0.25, -0.2) is 0 Å². The maximum atomic E-state index is 11.9. The minimum Gasteiger partial charge on any atom is -0.490 e. The Morgan fingerprint density at radius 3 is 2.42 bits per heavy atom. The lowest BCUT2D eigenvalue weighted by atomic mass is 10.1. The second kappa shape index (κ2) is 10.6. The summed E-state index contributed by atoms with van der Waals surface area (Å²) in [4.78, 5) is 11.9. The van der Waals surface area contributed by atoms with Crippen molar-refractivity contribution in [1.29, 1.82) is 0 Å². The van der Waals surface area contributed by atoms with Crippen LogP contribution in [-0.4, -0.2) is 32.3 Å². The van der Waals surface area contributed by atoms with Crippen molar-refractivity contribution in [3.05, 3.63) is 53.1 Å². The fraction of sp³-hybridized carbons (Fsp3) is 0.350. The summed E-state index contributed by atoms with van der Waals surface area (Å²) in [5.74, 6) is 1.76. The SMILES string of the molecule is CCOc1ccc(CCNC(=O)COc2ccccc2Cl)cc1OCC. The highest BCUT2D eigenvalue weighted by atomic mass is 35.5. The van der Waals surface area contributed by atoms with Gasteiger partial charge in [-0.3, -0.25) is 4.79 Å². The average Bonchev–Trinajstić information content (AvgIpc) is 2.63. The summed E-state index contributed by atoms with van der Waals surface area (Å²) in [6.45, 7) is 5.45. The maximum absolute atomic E-state index is 11.9. The summed E-state index contributed by atoms with van der Waals surface area (Å²) >= 11 is 5.99. The molecule has 0 heterocycles. The number of benzene rings is 2. The van der Waals surface area contributed by atoms with Crippen molar-refractivity contribution in [3.63, 3.8) is 0 Å². The fourth-order valence-corrected chi connectivity index (χ4v) is 2.54. The molecule has 140 valence electrons. The lowest BCUT2D eigenvalue weighted by molar-refractivity contribution is -0.123. The van der Waals surface area contributed by atoms with Crippen LogP contribution in [0.2, 0.25) is 5.02 Å². The van der Waals surface area contributed by atoms with Gasteiger partial charge in [0.2, 0.25) is 0 Å². The van der Waals surface area contributed by atoms with Crippen molar-refractivity contribution in [1.82, 2.24) is 5.32 Å². The van der Waals surface area contributed by atoms with E-state index in [4.69, 9.17) is 25.8 Å². The standard InChI is InChI=1S/C20H24ClNO4/c1-3-24-18-10-9-15(13-19(18)25-4-2)11-12-22-20(23)14-26-17-8-6-5-7-16(17)21/h5-10,13H,3-4,11-12,14H2,1-2H3,(H,22,23). The Balaban J connectivity index is 1.80. The highest BCUT2D eigenvalue weighted by Crippen LogP contribution is 2.28. The van der Waals surface area contributed by atoms with E-state index < -0.39 is 0 Å². The molecule has 1 N–H and O–H groups in total. The summed E-state index contributed by atoms with van der Waals surface area (Å²) < 4.78 is 16.6. The van der Waals surface area contributed by atoms with Crippen LogP contribution in [-0.2, 0) is 11.2 Å². The van der Waals surface area contributed by atoms with Crippen LogP contribution in [0.4, 0.5) is 0 Å². The van der Waals surface area contributed by atoms with E-state index in [0.717, 1.165) is 17.1 Å². The molecule has 0 atom stereocenters. The highest BCUT2D eigenvalue weighted by Gasteiger charge is 2.08. The molecule has 5 nitrogen and oxygen atoms in total. The van der Waals surface area contributed by atoms with Gasteiger partial charge >= 0.3 is 0 Å². The molecule has 0 aliphatic carbocycles. The molecule has 0 bridgehead atoms. The first-order valence-corrected chi connectivity index (χ1v) is 9.04. The Kier molecular flexibility index (Phi) is 8.09. The van der Waals surface area contributed by atoms with Crippen LogP contribution in [0.3, 0.4) is 0 Å². The van der Waals surface area contributed by atoms with E-state index in [1.807, 2.05) is 38.1 Å². The Bertz CT molecular complexity index is 721. The second-order valence-corrected chi connectivity index (χ2v) is 5.87. The molecule has 0 radical (unpaired) electrons. The zero-order chi connectivity index (χ0) is 18.8. The van der Waals surface area contributed by atoms with E-state index in [9.17, 15) is 4.79 Å². The third kappa shape index (κ3) is 6.15. The van der Waals surface area contributed by atoms with E-state index in [0.29, 0.717) is 37.0 Å². The topological polar surface area (TPSA) is 56.8 Å². The number of halogens is 1. The van der Waals surface area contributed by atoms with Crippen molar-refractivity contribution in [2.24, 2.45) is 0 Å². The van der Waals surface area contributed by atoms with Crippen molar-refractivity contribution in [3.8, 4) is 17.2 Å². The first-order chi connectivity index (χ1) is 12.6. The van der Waals surface area contributed by atoms with E-state index in [2.05, 4.69) is 5.32 Å². The number of hydrogen-bond donors (Lipinski definition) is 1. The van der Waals surface area contributed by atoms with E-state index in [1.165, 1.54) is 0 Å². The fourth-order valence-electron chi connectivity index (χ4n) is 2.35. The number of ether oxygens (including phenoxy) is 3. The Morgan fingerprint density at radius 1 is 0.962 bits per heavy atom. The molecular weight excluding hydrogens is 354 g/mol. The van der Waals surface area contributed by atoms with Crippen LogP contribution in [0.15, 0.2) is 42.5 Å². The monoisotopic (exact) mass is 377 g/mol. The van der Waals surface area contributed by atoms with E-state index >= 15 is 0 Å². The molecule has 0 saturated heterocycles. The molecular formula is C20H24ClNO4. The molecule has 0 saturated carbocycles.